The third-order valence-corrected chi connectivity index (χ3v) is 2.19. The monoisotopic (exact) mass is 186 g/mol. The molecule has 2 atom stereocenters. The van der Waals surface area contributed by atoms with Crippen molar-refractivity contribution in [1.29, 1.82) is 0 Å². The molecule has 1 rings (SSSR count). The number of hydrogen-bond donors (Lipinski definition) is 2. The van der Waals surface area contributed by atoms with E-state index in [1.807, 2.05) is 0 Å². The number of hydrogen-bond acceptors (Lipinski definition) is 5. The van der Waals surface area contributed by atoms with Crippen LogP contribution in [0.3, 0.4) is 0 Å². The molecule has 0 radical (unpaired) electrons. The van der Waals surface area contributed by atoms with Crippen LogP contribution in [0, 0.1) is 11.8 Å². The number of nitrogens with two attached hydrogens (primary N) is 1. The summed E-state index contributed by atoms with van der Waals surface area (Å²) in [6, 6.07) is 0. The smallest absolute Gasteiger partial charge is 0.343 e. The molecular weight excluding hydrogens is 172 g/mol. The van der Waals surface area contributed by atoms with Crippen molar-refractivity contribution in [2.45, 2.75) is 13.3 Å². The van der Waals surface area contributed by atoms with Gasteiger partial charge in [0.25, 0.3) is 0 Å². The zero-order chi connectivity index (χ0) is 9.84. The number of aliphatic hydroxyl groups is 1. The predicted molar refractivity (Wildman–Crippen MR) is 46.9 cm³/mol. The minimum absolute atomic E-state index is 0.0446. The maximum atomic E-state index is 11.0. The molecule has 0 bridgehead atoms. The van der Waals surface area contributed by atoms with E-state index in [0.717, 1.165) is 0 Å². The van der Waals surface area contributed by atoms with Gasteiger partial charge in [0.1, 0.15) is 0 Å². The van der Waals surface area contributed by atoms with Gasteiger partial charge in [-0.2, -0.15) is 0 Å². The standard InChI is InChI=1S/C8H14N2O3/c1-5-7(10-13-8(5)12)6(4-11)2-3-9/h5-6,11H,2-4,9H2,1H3. The van der Waals surface area contributed by atoms with Crippen LogP contribution in [0.15, 0.2) is 5.16 Å². The molecule has 13 heavy (non-hydrogen) atoms. The van der Waals surface area contributed by atoms with Gasteiger partial charge >= 0.3 is 5.97 Å². The average molecular weight is 186 g/mol. The van der Waals surface area contributed by atoms with Crippen LogP contribution in [-0.4, -0.2) is 29.9 Å². The fourth-order valence-corrected chi connectivity index (χ4v) is 1.34. The third kappa shape index (κ3) is 2.05. The van der Waals surface area contributed by atoms with E-state index in [1.54, 1.807) is 6.92 Å². The maximum Gasteiger partial charge on any atom is 0.343 e. The molecule has 5 nitrogen and oxygen atoms in total. The molecule has 0 aromatic heterocycles. The molecule has 74 valence electrons. The number of carbonyl (C=O) groups excluding carboxylic acids is 1. The molecule has 0 spiro atoms. The first-order chi connectivity index (χ1) is 6.20. The van der Waals surface area contributed by atoms with E-state index in [4.69, 9.17) is 10.8 Å². The number of carbonyl (C=O) groups is 1. The second-order valence-electron chi connectivity index (χ2n) is 3.11. The molecule has 0 aliphatic carbocycles. The normalized spacial score (nSPS) is 24.1. The highest BCUT2D eigenvalue weighted by Gasteiger charge is 2.32. The van der Waals surface area contributed by atoms with Crippen LogP contribution in [-0.2, 0) is 9.63 Å². The van der Waals surface area contributed by atoms with Gasteiger partial charge in [0.15, 0.2) is 0 Å². The Kier molecular flexibility index (Phi) is 3.39. The van der Waals surface area contributed by atoms with Crippen LogP contribution >= 0.6 is 0 Å². The molecule has 0 aromatic carbocycles. The van der Waals surface area contributed by atoms with E-state index in [0.29, 0.717) is 18.7 Å². The third-order valence-electron chi connectivity index (χ3n) is 2.19. The highest BCUT2D eigenvalue weighted by molar-refractivity contribution is 6.05. The Balaban J connectivity index is 2.64. The van der Waals surface area contributed by atoms with Crippen molar-refractivity contribution in [2.24, 2.45) is 22.7 Å². The lowest BCUT2D eigenvalue weighted by Gasteiger charge is -2.13. The maximum absolute atomic E-state index is 11.0. The molecule has 0 fully saturated rings. The summed E-state index contributed by atoms with van der Waals surface area (Å²) in [5, 5.41) is 12.7. The van der Waals surface area contributed by atoms with Crippen LogP contribution in [0.4, 0.5) is 0 Å². The van der Waals surface area contributed by atoms with Crippen molar-refractivity contribution in [3.63, 3.8) is 0 Å². The average Bonchev–Trinajstić information content (AvgIpc) is 2.45. The Labute approximate surface area is 76.5 Å². The summed E-state index contributed by atoms with van der Waals surface area (Å²) in [7, 11) is 0. The number of nitrogens with zero attached hydrogens (tertiary/aromatic N) is 1. The van der Waals surface area contributed by atoms with E-state index in [-0.39, 0.29) is 24.4 Å². The second-order valence-corrected chi connectivity index (χ2v) is 3.11. The van der Waals surface area contributed by atoms with Crippen molar-refractivity contribution < 1.29 is 14.7 Å². The first-order valence-electron chi connectivity index (χ1n) is 4.30. The Morgan fingerprint density at radius 2 is 2.46 bits per heavy atom. The summed E-state index contributed by atoms with van der Waals surface area (Å²) in [5.74, 6) is -0.847. The molecular formula is C8H14N2O3. The molecule has 0 saturated carbocycles. The molecule has 2 unspecified atom stereocenters. The summed E-state index contributed by atoms with van der Waals surface area (Å²) in [5.41, 5.74) is 5.97. The SMILES string of the molecule is CC1C(=O)ON=C1C(CO)CCN. The van der Waals surface area contributed by atoms with E-state index in [1.165, 1.54) is 0 Å². The topological polar surface area (TPSA) is 84.9 Å². The zero-order valence-electron chi connectivity index (χ0n) is 7.56. The molecule has 0 amide bonds. The highest BCUT2D eigenvalue weighted by Crippen LogP contribution is 2.19. The van der Waals surface area contributed by atoms with Gasteiger partial charge in [0.2, 0.25) is 0 Å². The van der Waals surface area contributed by atoms with Crippen molar-refractivity contribution in [1.82, 2.24) is 0 Å². The summed E-state index contributed by atoms with van der Waals surface area (Å²) in [6.07, 6.45) is 0.621. The van der Waals surface area contributed by atoms with Gasteiger partial charge < -0.3 is 15.7 Å². The first kappa shape index (κ1) is 10.1. The molecule has 5 heteroatoms. The molecule has 0 saturated heterocycles. The quantitative estimate of drug-likeness (QED) is 0.579. The van der Waals surface area contributed by atoms with E-state index < -0.39 is 0 Å². The minimum atomic E-state index is -0.356. The largest absolute Gasteiger partial charge is 0.396 e. The lowest BCUT2D eigenvalue weighted by molar-refractivity contribution is -0.142. The van der Waals surface area contributed by atoms with Gasteiger partial charge in [-0.05, 0) is 19.9 Å². The van der Waals surface area contributed by atoms with Crippen molar-refractivity contribution >= 4 is 11.7 Å². The van der Waals surface area contributed by atoms with Crippen LogP contribution in [0.5, 0.6) is 0 Å². The Morgan fingerprint density at radius 3 is 2.85 bits per heavy atom. The van der Waals surface area contributed by atoms with E-state index >= 15 is 0 Å². The molecule has 1 aliphatic heterocycles. The Bertz CT molecular complexity index is 227. The first-order valence-corrected chi connectivity index (χ1v) is 4.30. The predicted octanol–water partition coefficient (Wildman–Crippen LogP) is -0.507. The Hall–Kier alpha value is -0.940. The van der Waals surface area contributed by atoms with Gasteiger partial charge in [-0.3, -0.25) is 0 Å². The minimum Gasteiger partial charge on any atom is -0.396 e. The van der Waals surface area contributed by atoms with Gasteiger partial charge in [0, 0.05) is 5.92 Å². The van der Waals surface area contributed by atoms with E-state index in [9.17, 15) is 4.79 Å². The molecule has 3 N–H and O–H groups in total. The summed E-state index contributed by atoms with van der Waals surface area (Å²) in [6.45, 7) is 2.13. The lowest BCUT2D eigenvalue weighted by atomic mass is 9.92. The van der Waals surface area contributed by atoms with Gasteiger partial charge in [0.05, 0.1) is 18.2 Å². The molecule has 0 aromatic rings. The number of rotatable bonds is 4. The van der Waals surface area contributed by atoms with Crippen LogP contribution in [0.25, 0.3) is 0 Å². The second kappa shape index (κ2) is 4.34. The lowest BCUT2D eigenvalue weighted by Crippen LogP contribution is -2.27. The van der Waals surface area contributed by atoms with Gasteiger partial charge in [-0.25, -0.2) is 4.79 Å². The number of aliphatic hydroxyl groups excluding tert-OH is 1. The van der Waals surface area contributed by atoms with Gasteiger partial charge in [-0.1, -0.05) is 5.16 Å². The number of oxime groups is 1. The van der Waals surface area contributed by atoms with Crippen LogP contribution in [0.2, 0.25) is 0 Å². The Morgan fingerprint density at radius 1 is 1.77 bits per heavy atom. The fraction of sp³-hybridized carbons (Fsp3) is 0.750. The van der Waals surface area contributed by atoms with Crippen molar-refractivity contribution in [3.8, 4) is 0 Å². The fourth-order valence-electron chi connectivity index (χ4n) is 1.34. The van der Waals surface area contributed by atoms with Crippen LogP contribution < -0.4 is 5.73 Å². The van der Waals surface area contributed by atoms with E-state index in [2.05, 4.69) is 9.99 Å². The van der Waals surface area contributed by atoms with Crippen LogP contribution in [0.1, 0.15) is 13.3 Å². The molecule has 1 heterocycles. The van der Waals surface area contributed by atoms with Crippen molar-refractivity contribution in [2.75, 3.05) is 13.2 Å². The summed E-state index contributed by atoms with van der Waals surface area (Å²) >= 11 is 0. The van der Waals surface area contributed by atoms with Gasteiger partial charge in [-0.15, -0.1) is 0 Å². The summed E-state index contributed by atoms with van der Waals surface area (Å²) < 4.78 is 0. The highest BCUT2D eigenvalue weighted by atomic mass is 16.7. The molecule has 1 aliphatic rings. The summed E-state index contributed by atoms with van der Waals surface area (Å²) in [4.78, 5) is 15.5. The zero-order valence-corrected chi connectivity index (χ0v) is 7.56. The van der Waals surface area contributed by atoms with Crippen molar-refractivity contribution in [3.05, 3.63) is 0 Å².